The van der Waals surface area contributed by atoms with Crippen LogP contribution in [0.1, 0.15) is 64.2 Å². The van der Waals surface area contributed by atoms with Crippen LogP contribution in [0.3, 0.4) is 0 Å². The van der Waals surface area contributed by atoms with Gasteiger partial charge in [-0.2, -0.15) is 4.37 Å². The molecule has 0 aromatic carbocycles. The second-order valence-corrected chi connectivity index (χ2v) is 6.89. The number of carbonyl (C=O) groups is 1. The van der Waals surface area contributed by atoms with Crippen molar-refractivity contribution in [1.82, 2.24) is 14.3 Å². The Balaban J connectivity index is 0.00000106. The molecule has 0 saturated carbocycles. The summed E-state index contributed by atoms with van der Waals surface area (Å²) in [5, 5.41) is 0.976. The van der Waals surface area contributed by atoms with Gasteiger partial charge in [-0.3, -0.25) is 0 Å². The lowest BCUT2D eigenvalue weighted by atomic mass is 9.98. The molecule has 1 fully saturated rings. The van der Waals surface area contributed by atoms with Crippen LogP contribution in [0.5, 0.6) is 0 Å². The molecule has 1 amide bonds. The van der Waals surface area contributed by atoms with E-state index in [1.807, 2.05) is 41.5 Å². The summed E-state index contributed by atoms with van der Waals surface area (Å²) in [5.74, 6) is 1.11. The molecular formula is C15H27N3O2S. The van der Waals surface area contributed by atoms with Gasteiger partial charge in [0.15, 0.2) is 0 Å². The molecule has 1 aromatic heterocycles. The average Bonchev–Trinajstić information content (AvgIpc) is 2.86. The summed E-state index contributed by atoms with van der Waals surface area (Å²) in [6.07, 6.45) is 1.78. The Labute approximate surface area is 131 Å². The van der Waals surface area contributed by atoms with Gasteiger partial charge in [0.25, 0.3) is 0 Å². The minimum atomic E-state index is -0.445. The Morgan fingerprint density at radius 1 is 1.38 bits per heavy atom. The summed E-state index contributed by atoms with van der Waals surface area (Å²) in [7, 11) is 0. The summed E-state index contributed by atoms with van der Waals surface area (Å²) < 4.78 is 9.77. The summed E-state index contributed by atoms with van der Waals surface area (Å²) in [5.41, 5.74) is -0.445. The first-order chi connectivity index (χ1) is 9.85. The van der Waals surface area contributed by atoms with Gasteiger partial charge in [-0.15, -0.1) is 0 Å². The van der Waals surface area contributed by atoms with Gasteiger partial charge in [0.1, 0.15) is 16.4 Å². The van der Waals surface area contributed by atoms with Crippen LogP contribution < -0.4 is 0 Å². The van der Waals surface area contributed by atoms with Crippen LogP contribution >= 0.6 is 11.5 Å². The van der Waals surface area contributed by atoms with E-state index in [1.54, 1.807) is 4.90 Å². The lowest BCUT2D eigenvalue weighted by Crippen LogP contribution is -2.42. The van der Waals surface area contributed by atoms with Gasteiger partial charge in [0, 0.05) is 19.0 Å². The van der Waals surface area contributed by atoms with E-state index in [2.05, 4.69) is 9.36 Å². The monoisotopic (exact) mass is 313 g/mol. The van der Waals surface area contributed by atoms with E-state index < -0.39 is 5.60 Å². The van der Waals surface area contributed by atoms with Crippen molar-refractivity contribution in [3.63, 3.8) is 0 Å². The van der Waals surface area contributed by atoms with Crippen LogP contribution in [-0.4, -0.2) is 39.0 Å². The number of piperidine rings is 1. The second-order valence-electron chi connectivity index (χ2n) is 5.94. The van der Waals surface area contributed by atoms with Crippen LogP contribution in [0.25, 0.3) is 0 Å². The van der Waals surface area contributed by atoms with Crippen LogP contribution in [0.15, 0.2) is 0 Å². The molecule has 1 aliphatic heterocycles. The summed E-state index contributed by atoms with van der Waals surface area (Å²) in [4.78, 5) is 18.3. The first-order valence-electron chi connectivity index (χ1n) is 7.63. The molecule has 1 unspecified atom stereocenters. The number of amides is 1. The molecule has 2 rings (SSSR count). The fourth-order valence-electron chi connectivity index (χ4n) is 2.16. The maximum Gasteiger partial charge on any atom is 0.410 e. The normalized spacial score (nSPS) is 18.8. The van der Waals surface area contributed by atoms with Gasteiger partial charge in [0.05, 0.1) is 0 Å². The Morgan fingerprint density at radius 3 is 2.57 bits per heavy atom. The summed E-state index contributed by atoms with van der Waals surface area (Å²) in [6.45, 7) is 13.0. The molecular weight excluding hydrogens is 286 g/mol. The van der Waals surface area contributed by atoms with Crippen LogP contribution in [0.4, 0.5) is 4.79 Å². The Morgan fingerprint density at radius 2 is 2.05 bits per heavy atom. The first kappa shape index (κ1) is 17.9. The molecule has 5 nitrogen and oxygen atoms in total. The van der Waals surface area contributed by atoms with Crippen molar-refractivity contribution in [3.05, 3.63) is 10.8 Å². The summed E-state index contributed by atoms with van der Waals surface area (Å²) in [6, 6.07) is 0. The molecule has 2 heterocycles. The zero-order valence-electron chi connectivity index (χ0n) is 14.0. The fourth-order valence-corrected chi connectivity index (χ4v) is 2.71. The third kappa shape index (κ3) is 5.61. The van der Waals surface area contributed by atoms with Crippen molar-refractivity contribution in [2.75, 3.05) is 13.1 Å². The smallest absolute Gasteiger partial charge is 0.410 e. The van der Waals surface area contributed by atoms with Crippen molar-refractivity contribution in [2.45, 2.75) is 65.9 Å². The quantitative estimate of drug-likeness (QED) is 0.786. The predicted octanol–water partition coefficient (Wildman–Crippen LogP) is 3.99. The van der Waals surface area contributed by atoms with Gasteiger partial charge < -0.3 is 9.64 Å². The van der Waals surface area contributed by atoms with Gasteiger partial charge in [-0.25, -0.2) is 9.78 Å². The highest BCUT2D eigenvalue weighted by atomic mass is 32.1. The van der Waals surface area contributed by atoms with E-state index in [0.29, 0.717) is 6.54 Å². The molecule has 0 aliphatic carbocycles. The van der Waals surface area contributed by atoms with Crippen LogP contribution in [0.2, 0.25) is 0 Å². The van der Waals surface area contributed by atoms with E-state index in [-0.39, 0.29) is 12.0 Å². The zero-order valence-corrected chi connectivity index (χ0v) is 14.8. The standard InChI is InChI=1S/C13H21N3O2S.C2H6/c1-9-14-11(15-19-9)10-6-5-7-16(8-10)12(17)18-13(2,3)4;1-2/h10H,5-8H2,1-4H3;1-2H3. The lowest BCUT2D eigenvalue weighted by Gasteiger charge is -2.33. The molecule has 1 atom stereocenters. The van der Waals surface area contributed by atoms with Crippen molar-refractivity contribution in [2.24, 2.45) is 0 Å². The van der Waals surface area contributed by atoms with Crippen molar-refractivity contribution < 1.29 is 9.53 Å². The molecule has 0 N–H and O–H groups in total. The maximum absolute atomic E-state index is 12.1. The minimum absolute atomic E-state index is 0.232. The number of aryl methyl sites for hydroxylation is 1. The lowest BCUT2D eigenvalue weighted by molar-refractivity contribution is 0.0196. The Kier molecular flexibility index (Phi) is 6.58. The fraction of sp³-hybridized carbons (Fsp3) is 0.800. The minimum Gasteiger partial charge on any atom is -0.444 e. The van der Waals surface area contributed by atoms with E-state index in [4.69, 9.17) is 4.74 Å². The molecule has 0 bridgehead atoms. The number of hydrogen-bond acceptors (Lipinski definition) is 5. The molecule has 1 saturated heterocycles. The molecule has 21 heavy (non-hydrogen) atoms. The van der Waals surface area contributed by atoms with E-state index in [0.717, 1.165) is 30.2 Å². The third-order valence-corrected chi connectivity index (χ3v) is 3.62. The molecule has 6 heteroatoms. The zero-order chi connectivity index (χ0) is 16.0. The van der Waals surface area contributed by atoms with Crippen molar-refractivity contribution in [1.29, 1.82) is 0 Å². The highest BCUT2D eigenvalue weighted by molar-refractivity contribution is 7.05. The van der Waals surface area contributed by atoms with Crippen LogP contribution in [-0.2, 0) is 4.74 Å². The Bertz CT molecular complexity index is 454. The molecule has 0 spiro atoms. The van der Waals surface area contributed by atoms with Gasteiger partial charge in [-0.05, 0) is 52.1 Å². The number of ether oxygens (including phenoxy) is 1. The average molecular weight is 313 g/mol. The largest absolute Gasteiger partial charge is 0.444 e. The van der Waals surface area contributed by atoms with E-state index in [9.17, 15) is 4.79 Å². The number of likely N-dealkylation sites (tertiary alicyclic amines) is 1. The van der Waals surface area contributed by atoms with E-state index in [1.165, 1.54) is 11.5 Å². The summed E-state index contributed by atoms with van der Waals surface area (Å²) >= 11 is 1.42. The van der Waals surface area contributed by atoms with Gasteiger partial charge in [-0.1, -0.05) is 13.8 Å². The topological polar surface area (TPSA) is 55.3 Å². The number of rotatable bonds is 1. The second kappa shape index (κ2) is 7.73. The number of hydrogen-bond donors (Lipinski definition) is 0. The third-order valence-electron chi connectivity index (χ3n) is 2.98. The highest BCUT2D eigenvalue weighted by Gasteiger charge is 2.29. The highest BCUT2D eigenvalue weighted by Crippen LogP contribution is 2.26. The molecule has 1 aromatic rings. The Hall–Kier alpha value is -1.17. The van der Waals surface area contributed by atoms with Crippen molar-refractivity contribution >= 4 is 17.6 Å². The molecule has 1 aliphatic rings. The number of carbonyl (C=O) groups excluding carboxylic acids is 1. The maximum atomic E-state index is 12.1. The molecule has 0 radical (unpaired) electrons. The predicted molar refractivity (Wildman–Crippen MR) is 85.8 cm³/mol. The molecule has 120 valence electrons. The van der Waals surface area contributed by atoms with Crippen molar-refractivity contribution in [3.8, 4) is 0 Å². The SMILES string of the molecule is CC.Cc1nc(C2CCCN(C(=O)OC(C)(C)C)C2)ns1. The number of nitrogens with zero attached hydrogens (tertiary/aromatic N) is 3. The van der Waals surface area contributed by atoms with Gasteiger partial charge in [0.2, 0.25) is 0 Å². The van der Waals surface area contributed by atoms with Gasteiger partial charge >= 0.3 is 6.09 Å². The number of aromatic nitrogens is 2. The van der Waals surface area contributed by atoms with Crippen LogP contribution in [0, 0.1) is 6.92 Å². The van der Waals surface area contributed by atoms with E-state index >= 15 is 0 Å². The first-order valence-corrected chi connectivity index (χ1v) is 8.40.